The molecule has 2 aliphatic rings. The van der Waals surface area contributed by atoms with Crippen LogP contribution in [0.1, 0.15) is 30.3 Å². The van der Waals surface area contributed by atoms with Gasteiger partial charge in [0.25, 0.3) is 0 Å². The molecule has 148 valence electrons. The summed E-state index contributed by atoms with van der Waals surface area (Å²) in [6.45, 7) is 0.894. The molecule has 2 aliphatic heterocycles. The van der Waals surface area contributed by atoms with Crippen LogP contribution in [0.3, 0.4) is 0 Å². The second-order valence-electron chi connectivity index (χ2n) is 7.57. The Kier molecular flexibility index (Phi) is 4.54. The Balaban J connectivity index is 1.37. The van der Waals surface area contributed by atoms with Crippen molar-refractivity contribution in [3.63, 3.8) is 0 Å². The van der Waals surface area contributed by atoms with Crippen LogP contribution in [0.2, 0.25) is 0 Å². The highest BCUT2D eigenvalue weighted by atomic mass is 32.1. The van der Waals surface area contributed by atoms with Crippen LogP contribution in [0.5, 0.6) is 0 Å². The topological polar surface area (TPSA) is 53.5 Å². The molecule has 5 nitrogen and oxygen atoms in total. The van der Waals surface area contributed by atoms with E-state index in [9.17, 15) is 14.0 Å². The quantitative estimate of drug-likeness (QED) is 0.653. The van der Waals surface area contributed by atoms with Gasteiger partial charge in [-0.2, -0.15) is 0 Å². The van der Waals surface area contributed by atoms with E-state index in [2.05, 4.69) is 0 Å². The van der Waals surface area contributed by atoms with Gasteiger partial charge in [0.05, 0.1) is 27.9 Å². The Morgan fingerprint density at radius 3 is 2.76 bits per heavy atom. The van der Waals surface area contributed by atoms with Crippen LogP contribution in [-0.2, 0) is 9.59 Å². The molecule has 0 aliphatic carbocycles. The minimum absolute atomic E-state index is 0.0288. The van der Waals surface area contributed by atoms with Gasteiger partial charge in [-0.05, 0) is 37.1 Å². The molecule has 7 heteroatoms. The van der Waals surface area contributed by atoms with E-state index in [1.165, 1.54) is 11.0 Å². The zero-order valence-electron chi connectivity index (χ0n) is 15.8. The molecule has 3 heterocycles. The third kappa shape index (κ3) is 3.19. The number of hydrogen-bond acceptors (Lipinski definition) is 4. The Morgan fingerprint density at radius 1 is 1.14 bits per heavy atom. The monoisotopic (exact) mass is 409 g/mol. The molecule has 0 spiro atoms. The fourth-order valence-corrected chi connectivity index (χ4v) is 5.45. The number of carbonyl (C=O) groups excluding carboxylic acids is 2. The first kappa shape index (κ1) is 18.2. The summed E-state index contributed by atoms with van der Waals surface area (Å²) < 4.78 is 15.2. The van der Waals surface area contributed by atoms with Crippen LogP contribution in [0, 0.1) is 11.7 Å². The second kappa shape index (κ2) is 7.22. The molecule has 0 radical (unpaired) electrons. The number of hydrogen-bond donors (Lipinski definition) is 0. The first-order valence-corrected chi connectivity index (χ1v) is 10.6. The van der Waals surface area contributed by atoms with Gasteiger partial charge in [0.1, 0.15) is 10.8 Å². The second-order valence-corrected chi connectivity index (χ2v) is 8.63. The van der Waals surface area contributed by atoms with E-state index in [1.807, 2.05) is 29.2 Å². The first-order valence-electron chi connectivity index (χ1n) is 9.82. The fraction of sp³-hybridized carbons (Fsp3) is 0.318. The predicted molar refractivity (Wildman–Crippen MR) is 110 cm³/mol. The molecule has 0 unspecified atom stereocenters. The van der Waals surface area contributed by atoms with Gasteiger partial charge in [-0.25, -0.2) is 9.37 Å². The van der Waals surface area contributed by atoms with Crippen LogP contribution in [-0.4, -0.2) is 34.8 Å². The number of fused-ring (bicyclic) bond motifs is 1. The van der Waals surface area contributed by atoms with Crippen molar-refractivity contribution in [2.75, 3.05) is 18.0 Å². The number of nitrogens with zero attached hydrogens (tertiary/aromatic N) is 3. The van der Waals surface area contributed by atoms with Crippen molar-refractivity contribution in [2.45, 2.75) is 25.3 Å². The predicted octanol–water partition coefficient (Wildman–Crippen LogP) is 4.15. The Morgan fingerprint density at radius 2 is 1.93 bits per heavy atom. The van der Waals surface area contributed by atoms with E-state index in [0.717, 1.165) is 28.1 Å². The number of amides is 2. The lowest BCUT2D eigenvalue weighted by atomic mass is 10.1. The van der Waals surface area contributed by atoms with Crippen LogP contribution in [0.15, 0.2) is 48.5 Å². The van der Waals surface area contributed by atoms with E-state index in [1.54, 1.807) is 29.5 Å². The van der Waals surface area contributed by atoms with Crippen molar-refractivity contribution in [3.8, 4) is 0 Å². The van der Waals surface area contributed by atoms with Gasteiger partial charge in [-0.15, -0.1) is 11.3 Å². The highest BCUT2D eigenvalue weighted by Gasteiger charge is 2.41. The molecule has 0 bridgehead atoms. The van der Waals surface area contributed by atoms with E-state index in [-0.39, 0.29) is 36.5 Å². The average Bonchev–Trinajstić information content (AvgIpc) is 3.45. The van der Waals surface area contributed by atoms with Gasteiger partial charge in [-0.3, -0.25) is 9.59 Å². The molecule has 2 saturated heterocycles. The van der Waals surface area contributed by atoms with E-state index in [4.69, 9.17) is 4.98 Å². The summed E-state index contributed by atoms with van der Waals surface area (Å²) in [4.78, 5) is 33.8. The summed E-state index contributed by atoms with van der Waals surface area (Å²) >= 11 is 1.63. The Hall–Kier alpha value is -2.80. The highest BCUT2D eigenvalue weighted by molar-refractivity contribution is 7.18. The maximum absolute atomic E-state index is 14.1. The van der Waals surface area contributed by atoms with Gasteiger partial charge in [-0.1, -0.05) is 24.3 Å². The highest BCUT2D eigenvalue weighted by Crippen LogP contribution is 2.38. The minimum atomic E-state index is -0.447. The SMILES string of the molecule is O=C1C[C@H](C(=O)N2CCC[C@H]2c2nc3ccccc3s2)CN1c1ccccc1F. The average molecular weight is 409 g/mol. The van der Waals surface area contributed by atoms with Crippen LogP contribution in [0.25, 0.3) is 10.2 Å². The number of rotatable bonds is 3. The summed E-state index contributed by atoms with van der Waals surface area (Å²) in [5.74, 6) is -1.12. The third-order valence-corrected chi connectivity index (χ3v) is 6.89. The number of benzene rings is 2. The maximum atomic E-state index is 14.1. The number of para-hydroxylation sites is 2. The fourth-order valence-electron chi connectivity index (χ4n) is 4.33. The van der Waals surface area contributed by atoms with Gasteiger partial charge >= 0.3 is 0 Å². The van der Waals surface area contributed by atoms with Gasteiger partial charge in [0.15, 0.2) is 0 Å². The number of likely N-dealkylation sites (tertiary alicyclic amines) is 1. The Bertz CT molecular complexity index is 1070. The van der Waals surface area contributed by atoms with Crippen molar-refractivity contribution in [1.82, 2.24) is 9.88 Å². The molecule has 2 atom stereocenters. The summed E-state index contributed by atoms with van der Waals surface area (Å²) in [5.41, 5.74) is 1.20. The van der Waals surface area contributed by atoms with Gasteiger partial charge < -0.3 is 9.80 Å². The molecule has 0 N–H and O–H groups in total. The molecule has 29 heavy (non-hydrogen) atoms. The molecular weight excluding hydrogens is 389 g/mol. The van der Waals surface area contributed by atoms with Crippen molar-refractivity contribution in [2.24, 2.45) is 5.92 Å². The number of halogens is 1. The summed E-state index contributed by atoms with van der Waals surface area (Å²) in [7, 11) is 0. The van der Waals surface area contributed by atoms with Gasteiger partial charge in [0.2, 0.25) is 11.8 Å². The maximum Gasteiger partial charge on any atom is 0.228 e. The minimum Gasteiger partial charge on any atom is -0.333 e. The number of aromatic nitrogens is 1. The first-order chi connectivity index (χ1) is 14.1. The molecule has 1 aromatic heterocycles. The lowest BCUT2D eigenvalue weighted by Gasteiger charge is -2.26. The third-order valence-electron chi connectivity index (χ3n) is 5.75. The lowest BCUT2D eigenvalue weighted by Crippen LogP contribution is -2.37. The van der Waals surface area contributed by atoms with Crippen LogP contribution >= 0.6 is 11.3 Å². The lowest BCUT2D eigenvalue weighted by molar-refractivity contribution is -0.136. The van der Waals surface area contributed by atoms with Gasteiger partial charge in [0, 0.05) is 19.5 Å². The molecule has 2 aromatic carbocycles. The molecule has 0 saturated carbocycles. The number of carbonyl (C=O) groups is 2. The number of anilines is 1. The summed E-state index contributed by atoms with van der Waals surface area (Å²) in [6.07, 6.45) is 1.92. The van der Waals surface area contributed by atoms with Crippen molar-refractivity contribution >= 4 is 39.1 Å². The zero-order chi connectivity index (χ0) is 20.0. The van der Waals surface area contributed by atoms with Crippen LogP contribution in [0.4, 0.5) is 10.1 Å². The summed E-state index contributed by atoms with van der Waals surface area (Å²) in [5, 5.41) is 0.951. The molecule has 2 fully saturated rings. The molecule has 5 rings (SSSR count). The van der Waals surface area contributed by atoms with E-state index in [0.29, 0.717) is 6.54 Å². The summed E-state index contributed by atoms with van der Waals surface area (Å²) in [6, 6.07) is 14.1. The Labute approximate surface area is 171 Å². The normalized spacial score (nSPS) is 22.0. The van der Waals surface area contributed by atoms with Crippen molar-refractivity contribution < 1.29 is 14.0 Å². The zero-order valence-corrected chi connectivity index (χ0v) is 16.6. The number of thiazole rings is 1. The van der Waals surface area contributed by atoms with E-state index >= 15 is 0 Å². The van der Waals surface area contributed by atoms with Crippen LogP contribution < -0.4 is 4.90 Å². The standard InChI is InChI=1S/C22H20FN3O2S/c23-15-6-1-3-8-17(15)26-13-14(12-20(26)27)22(28)25-11-5-9-18(25)21-24-16-7-2-4-10-19(16)29-21/h1-4,6-8,10,14,18H,5,9,11-13H2/t14-,18-/m0/s1. The van der Waals surface area contributed by atoms with E-state index < -0.39 is 11.7 Å². The largest absolute Gasteiger partial charge is 0.333 e. The van der Waals surface area contributed by atoms with Crippen molar-refractivity contribution in [1.29, 1.82) is 0 Å². The molecular formula is C22H20FN3O2S. The molecule has 3 aromatic rings. The van der Waals surface area contributed by atoms with Crippen molar-refractivity contribution in [3.05, 3.63) is 59.4 Å². The molecule has 2 amide bonds. The smallest absolute Gasteiger partial charge is 0.228 e.